The normalized spacial score (nSPS) is 20.0. The van der Waals surface area contributed by atoms with Crippen LogP contribution in [0.15, 0.2) is 48.9 Å². The Bertz CT molecular complexity index is 1290. The molecule has 2 aliphatic rings. The number of anilines is 1. The first-order valence-corrected chi connectivity index (χ1v) is 11.3. The zero-order valence-corrected chi connectivity index (χ0v) is 18.7. The van der Waals surface area contributed by atoms with Crippen LogP contribution in [0.3, 0.4) is 0 Å². The lowest BCUT2D eigenvalue weighted by molar-refractivity contribution is 0.165. The molecule has 5 heterocycles. The maximum atomic E-state index is 4.98. The van der Waals surface area contributed by atoms with Crippen LogP contribution in [0.4, 0.5) is 5.95 Å². The minimum atomic E-state index is 0.376. The van der Waals surface area contributed by atoms with E-state index >= 15 is 0 Å². The lowest BCUT2D eigenvalue weighted by Gasteiger charge is -2.36. The molecule has 32 heavy (non-hydrogen) atoms. The fourth-order valence-electron chi connectivity index (χ4n) is 5.25. The third-order valence-corrected chi connectivity index (χ3v) is 6.82. The molecule has 4 aromatic rings. The van der Waals surface area contributed by atoms with Crippen molar-refractivity contribution in [2.45, 2.75) is 44.8 Å². The molecule has 0 N–H and O–H groups in total. The van der Waals surface area contributed by atoms with Gasteiger partial charge in [-0.25, -0.2) is 19.5 Å². The summed E-state index contributed by atoms with van der Waals surface area (Å²) >= 11 is 0. The second-order valence-corrected chi connectivity index (χ2v) is 9.24. The van der Waals surface area contributed by atoms with E-state index in [2.05, 4.69) is 62.8 Å². The molecule has 0 aliphatic carbocycles. The Morgan fingerprint density at radius 1 is 1.03 bits per heavy atom. The molecule has 1 fully saturated rings. The van der Waals surface area contributed by atoms with Crippen LogP contribution in [0.5, 0.6) is 0 Å². The maximum absolute atomic E-state index is 4.98. The molecule has 3 aromatic heterocycles. The van der Waals surface area contributed by atoms with E-state index in [-0.39, 0.29) is 0 Å². The summed E-state index contributed by atoms with van der Waals surface area (Å²) in [5.74, 6) is 0.746. The van der Waals surface area contributed by atoms with Crippen LogP contribution in [-0.4, -0.2) is 49.6 Å². The molecule has 6 rings (SSSR count). The first-order valence-electron chi connectivity index (χ1n) is 11.3. The van der Waals surface area contributed by atoms with E-state index in [1.54, 1.807) is 0 Å². The van der Waals surface area contributed by atoms with Gasteiger partial charge in [0.2, 0.25) is 5.95 Å². The van der Waals surface area contributed by atoms with Crippen LogP contribution in [0.1, 0.15) is 41.3 Å². The molecule has 0 spiro atoms. The molecule has 0 radical (unpaired) electrons. The van der Waals surface area contributed by atoms with E-state index in [9.17, 15) is 0 Å². The van der Waals surface area contributed by atoms with E-state index in [4.69, 9.17) is 10.1 Å². The topological polar surface area (TPSA) is 62.5 Å². The second kappa shape index (κ2) is 7.38. The fourth-order valence-corrected chi connectivity index (χ4v) is 5.25. The first kappa shape index (κ1) is 19.4. The van der Waals surface area contributed by atoms with Crippen molar-refractivity contribution >= 4 is 11.6 Å². The van der Waals surface area contributed by atoms with E-state index in [0.717, 1.165) is 47.8 Å². The third kappa shape index (κ3) is 3.15. The monoisotopic (exact) mass is 425 g/mol. The highest BCUT2D eigenvalue weighted by Crippen LogP contribution is 2.44. The second-order valence-electron chi connectivity index (χ2n) is 9.24. The fraction of sp³-hybridized carbons (Fsp3) is 0.360. The molecule has 1 aromatic carbocycles. The number of nitrogens with zero attached hydrogens (tertiary/aromatic N) is 7. The molecule has 0 saturated carbocycles. The van der Waals surface area contributed by atoms with Gasteiger partial charge < -0.3 is 4.90 Å². The van der Waals surface area contributed by atoms with Gasteiger partial charge in [-0.15, -0.1) is 0 Å². The van der Waals surface area contributed by atoms with Gasteiger partial charge in [0.25, 0.3) is 0 Å². The van der Waals surface area contributed by atoms with E-state index in [1.807, 2.05) is 31.4 Å². The smallest absolute Gasteiger partial charge is 0.224 e. The van der Waals surface area contributed by atoms with Crippen molar-refractivity contribution in [3.05, 3.63) is 71.3 Å². The van der Waals surface area contributed by atoms with Crippen LogP contribution in [0.2, 0.25) is 0 Å². The van der Waals surface area contributed by atoms with Gasteiger partial charge in [-0.1, -0.05) is 23.8 Å². The van der Waals surface area contributed by atoms with Gasteiger partial charge in [0.1, 0.15) is 0 Å². The quantitative estimate of drug-likeness (QED) is 0.495. The van der Waals surface area contributed by atoms with Crippen molar-refractivity contribution in [3.8, 4) is 11.3 Å². The van der Waals surface area contributed by atoms with Crippen molar-refractivity contribution in [2.24, 2.45) is 0 Å². The average molecular weight is 426 g/mol. The Kier molecular flexibility index (Phi) is 4.47. The predicted octanol–water partition coefficient (Wildman–Crippen LogP) is 3.82. The molecule has 7 heteroatoms. The Morgan fingerprint density at radius 3 is 2.66 bits per heavy atom. The molecular formula is C25H27N7. The summed E-state index contributed by atoms with van der Waals surface area (Å²) in [7, 11) is 3.92. The van der Waals surface area contributed by atoms with Crippen molar-refractivity contribution < 1.29 is 0 Å². The third-order valence-electron chi connectivity index (χ3n) is 6.82. The number of hydrogen-bond donors (Lipinski definition) is 0. The minimum Gasteiger partial charge on any atom is -0.347 e. The number of aryl methyl sites for hydroxylation is 1. The Balaban J connectivity index is 1.33. The molecule has 1 saturated heterocycles. The van der Waals surface area contributed by atoms with Crippen molar-refractivity contribution in [1.82, 2.24) is 29.5 Å². The van der Waals surface area contributed by atoms with Crippen LogP contribution < -0.4 is 4.90 Å². The van der Waals surface area contributed by atoms with Gasteiger partial charge in [0.15, 0.2) is 5.65 Å². The molecule has 162 valence electrons. The van der Waals surface area contributed by atoms with Crippen molar-refractivity contribution in [1.29, 1.82) is 0 Å². The lowest BCUT2D eigenvalue weighted by atomic mass is 9.98. The zero-order chi connectivity index (χ0) is 21.8. The van der Waals surface area contributed by atoms with Gasteiger partial charge in [-0.2, -0.15) is 5.10 Å². The largest absolute Gasteiger partial charge is 0.347 e. The molecule has 2 atom stereocenters. The Morgan fingerprint density at radius 2 is 1.88 bits per heavy atom. The highest BCUT2D eigenvalue weighted by molar-refractivity contribution is 5.65. The summed E-state index contributed by atoms with van der Waals surface area (Å²) in [6.45, 7) is 2.99. The standard InChI is InChI=1S/C25H27N7/c1-16-5-4-6-18(9-16)21-11-24-26-14-20-22-8-7-19(10-23(20)32(24)29-21)31(22)15-17-12-27-25(28-13-17)30(2)3/h4-6,9,11-14,19,22H,7-8,10,15H2,1-3H3/t19-,22+/m1/s1. The van der Waals surface area contributed by atoms with Crippen LogP contribution in [0.25, 0.3) is 16.9 Å². The van der Waals surface area contributed by atoms with Gasteiger partial charge in [-0.3, -0.25) is 4.90 Å². The molecular weight excluding hydrogens is 398 g/mol. The predicted molar refractivity (Wildman–Crippen MR) is 125 cm³/mol. The highest BCUT2D eigenvalue weighted by atomic mass is 15.3. The zero-order valence-electron chi connectivity index (χ0n) is 18.7. The van der Waals surface area contributed by atoms with E-state index in [1.165, 1.54) is 23.2 Å². The number of fused-ring (bicyclic) bond motifs is 6. The lowest BCUT2D eigenvalue weighted by Crippen LogP contribution is -2.38. The maximum Gasteiger partial charge on any atom is 0.224 e. The summed E-state index contributed by atoms with van der Waals surface area (Å²) < 4.78 is 2.09. The summed E-state index contributed by atoms with van der Waals surface area (Å²) in [6, 6.07) is 11.5. The van der Waals surface area contributed by atoms with Gasteiger partial charge in [0.05, 0.1) is 11.4 Å². The van der Waals surface area contributed by atoms with Crippen molar-refractivity contribution in [2.75, 3.05) is 19.0 Å². The van der Waals surface area contributed by atoms with Crippen LogP contribution >= 0.6 is 0 Å². The van der Waals surface area contributed by atoms with Gasteiger partial charge in [-0.05, 0) is 25.8 Å². The molecule has 2 bridgehead atoms. The minimum absolute atomic E-state index is 0.376. The Hall–Kier alpha value is -3.32. The molecule has 2 aliphatic heterocycles. The summed E-state index contributed by atoms with van der Waals surface area (Å²) in [4.78, 5) is 18.3. The van der Waals surface area contributed by atoms with E-state index in [0.29, 0.717) is 12.1 Å². The summed E-state index contributed by atoms with van der Waals surface area (Å²) in [6.07, 6.45) is 9.35. The first-order chi connectivity index (χ1) is 15.6. The van der Waals surface area contributed by atoms with Crippen LogP contribution in [0, 0.1) is 6.92 Å². The molecule has 7 nitrogen and oxygen atoms in total. The van der Waals surface area contributed by atoms with Crippen LogP contribution in [-0.2, 0) is 13.0 Å². The Labute approximate surface area is 187 Å². The number of aromatic nitrogens is 5. The number of rotatable bonds is 4. The summed E-state index contributed by atoms with van der Waals surface area (Å²) in [5.41, 5.74) is 8.10. The molecule has 0 unspecified atom stereocenters. The number of benzene rings is 1. The SMILES string of the molecule is Cc1cccc(-c2cc3ncc4c(n3n2)C[C@H]2CC[C@@H]4N2Cc2cnc(N(C)C)nc2)c1. The summed E-state index contributed by atoms with van der Waals surface area (Å²) in [5, 5.41) is 4.98. The highest BCUT2D eigenvalue weighted by Gasteiger charge is 2.41. The van der Waals surface area contributed by atoms with Gasteiger partial charge >= 0.3 is 0 Å². The van der Waals surface area contributed by atoms with E-state index < -0.39 is 0 Å². The van der Waals surface area contributed by atoms with Crippen molar-refractivity contribution in [3.63, 3.8) is 0 Å². The average Bonchev–Trinajstić information content (AvgIpc) is 3.34. The van der Waals surface area contributed by atoms with Gasteiger partial charge in [0, 0.05) is 80.5 Å². The number of hydrogen-bond acceptors (Lipinski definition) is 6. The molecule has 0 amide bonds.